The van der Waals surface area contributed by atoms with E-state index in [1.807, 2.05) is 25.1 Å². The fraction of sp³-hybridized carbons (Fsp3) is 0.421. The first-order valence-corrected chi connectivity index (χ1v) is 10.1. The van der Waals surface area contributed by atoms with E-state index >= 15 is 0 Å². The van der Waals surface area contributed by atoms with Crippen molar-refractivity contribution < 1.29 is 18.0 Å². The van der Waals surface area contributed by atoms with E-state index < -0.39 is 11.9 Å². The van der Waals surface area contributed by atoms with Crippen LogP contribution in [0.4, 0.5) is 13.2 Å². The number of carbonyl (C=O) groups is 1. The second kappa shape index (κ2) is 12.7. The Balaban J connectivity index is 0.00000450. The summed E-state index contributed by atoms with van der Waals surface area (Å²) in [4.78, 5) is 19.7. The highest BCUT2D eigenvalue weighted by Crippen LogP contribution is 2.30. The Morgan fingerprint density at radius 3 is 2.63 bits per heavy atom. The number of rotatable bonds is 8. The van der Waals surface area contributed by atoms with Crippen LogP contribution in [0.5, 0.6) is 0 Å². The molecule has 3 N–H and O–H groups in total. The van der Waals surface area contributed by atoms with Gasteiger partial charge in [0.05, 0.1) is 5.01 Å². The topological polar surface area (TPSA) is 78.4 Å². The smallest absolute Gasteiger partial charge is 0.357 e. The van der Waals surface area contributed by atoms with Crippen LogP contribution < -0.4 is 16.0 Å². The third-order valence-corrected chi connectivity index (χ3v) is 4.81. The highest BCUT2D eigenvalue weighted by atomic mass is 127. The summed E-state index contributed by atoms with van der Waals surface area (Å²) in [5.74, 6) is 0.452. The Kier molecular flexibility index (Phi) is 11.1. The summed E-state index contributed by atoms with van der Waals surface area (Å²) in [6, 6.07) is 7.37. The first kappa shape index (κ1) is 26.1. The first-order chi connectivity index (χ1) is 13.8. The number of guanidine groups is 1. The average Bonchev–Trinajstić information content (AvgIpc) is 3.17. The molecular formula is C19H25F3IN5OS. The second-order valence-electron chi connectivity index (χ2n) is 6.09. The van der Waals surface area contributed by atoms with Crippen molar-refractivity contribution in [3.63, 3.8) is 0 Å². The number of aliphatic imine (C=N–C) groups is 1. The van der Waals surface area contributed by atoms with Gasteiger partial charge in [-0.2, -0.15) is 13.2 Å². The van der Waals surface area contributed by atoms with Gasteiger partial charge in [0.1, 0.15) is 0 Å². The summed E-state index contributed by atoms with van der Waals surface area (Å²) >= 11 is 0.988. The normalized spacial score (nSPS) is 11.6. The van der Waals surface area contributed by atoms with Crippen molar-refractivity contribution >= 4 is 47.2 Å². The standard InChI is InChI=1S/C19H24F3N5OS.HI/c1-3-24-18(26-10-8-16-27-15(12-29-16)19(20,21)22)25-9-7-13-5-4-6-14(11-13)17(28)23-2;/h4-6,11-12H,3,7-10H2,1-2H3,(H,23,28)(H2,24,25,26);1H. The lowest BCUT2D eigenvalue weighted by Gasteiger charge is -2.11. The van der Waals surface area contributed by atoms with Crippen LogP contribution in [0.2, 0.25) is 0 Å². The van der Waals surface area contributed by atoms with E-state index in [2.05, 4.69) is 25.9 Å². The Morgan fingerprint density at radius 2 is 2.00 bits per heavy atom. The van der Waals surface area contributed by atoms with Crippen molar-refractivity contribution in [2.45, 2.75) is 25.9 Å². The molecule has 1 heterocycles. The Hall–Kier alpha value is -1.89. The average molecular weight is 555 g/mol. The van der Waals surface area contributed by atoms with E-state index in [1.165, 1.54) is 0 Å². The molecule has 1 aromatic heterocycles. The molecule has 0 aliphatic heterocycles. The van der Waals surface area contributed by atoms with Crippen LogP contribution in [0.15, 0.2) is 34.6 Å². The van der Waals surface area contributed by atoms with Crippen molar-refractivity contribution in [3.05, 3.63) is 51.5 Å². The number of halogens is 4. The summed E-state index contributed by atoms with van der Waals surface area (Å²) in [7, 11) is 1.59. The van der Waals surface area contributed by atoms with Crippen molar-refractivity contribution in [1.82, 2.24) is 20.9 Å². The van der Waals surface area contributed by atoms with Crippen molar-refractivity contribution in [1.29, 1.82) is 0 Å². The van der Waals surface area contributed by atoms with E-state index in [1.54, 1.807) is 13.1 Å². The molecule has 0 bridgehead atoms. The number of amides is 1. The van der Waals surface area contributed by atoms with Gasteiger partial charge in [0.15, 0.2) is 11.7 Å². The molecule has 0 saturated heterocycles. The van der Waals surface area contributed by atoms with Gasteiger partial charge in [0.25, 0.3) is 5.91 Å². The molecule has 166 valence electrons. The number of alkyl halides is 3. The minimum Gasteiger partial charge on any atom is -0.357 e. The fourth-order valence-electron chi connectivity index (χ4n) is 2.50. The second-order valence-corrected chi connectivity index (χ2v) is 7.03. The van der Waals surface area contributed by atoms with Crippen LogP contribution in [0.3, 0.4) is 0 Å². The van der Waals surface area contributed by atoms with Gasteiger partial charge >= 0.3 is 6.18 Å². The van der Waals surface area contributed by atoms with Gasteiger partial charge in [-0.1, -0.05) is 12.1 Å². The maximum Gasteiger partial charge on any atom is 0.434 e. The molecule has 1 aromatic carbocycles. The van der Waals surface area contributed by atoms with Gasteiger partial charge in [-0.15, -0.1) is 35.3 Å². The zero-order valence-corrected chi connectivity index (χ0v) is 19.8. The summed E-state index contributed by atoms with van der Waals surface area (Å²) in [6.07, 6.45) is -3.38. The van der Waals surface area contributed by atoms with E-state index in [9.17, 15) is 18.0 Å². The number of nitrogens with zero attached hydrogens (tertiary/aromatic N) is 2. The number of hydrogen-bond donors (Lipinski definition) is 3. The van der Waals surface area contributed by atoms with Gasteiger partial charge in [-0.3, -0.25) is 9.79 Å². The molecule has 0 saturated carbocycles. The molecule has 0 spiro atoms. The number of aromatic nitrogens is 1. The van der Waals surface area contributed by atoms with E-state index in [0.717, 1.165) is 22.3 Å². The zero-order valence-electron chi connectivity index (χ0n) is 16.7. The SMILES string of the molecule is CCNC(=NCCc1nc(C(F)(F)F)cs1)NCCc1cccc(C(=O)NC)c1.I. The molecule has 1 amide bonds. The molecule has 0 unspecified atom stereocenters. The highest BCUT2D eigenvalue weighted by molar-refractivity contribution is 14.0. The molecular weight excluding hydrogens is 530 g/mol. The number of nitrogens with one attached hydrogen (secondary N) is 3. The molecule has 30 heavy (non-hydrogen) atoms. The van der Waals surface area contributed by atoms with Gasteiger partial charge < -0.3 is 16.0 Å². The summed E-state index contributed by atoms with van der Waals surface area (Å²) < 4.78 is 37.8. The lowest BCUT2D eigenvalue weighted by atomic mass is 10.1. The molecule has 0 aliphatic rings. The predicted molar refractivity (Wildman–Crippen MR) is 124 cm³/mol. The molecule has 6 nitrogen and oxygen atoms in total. The van der Waals surface area contributed by atoms with Crippen molar-refractivity contribution in [2.24, 2.45) is 4.99 Å². The summed E-state index contributed by atoms with van der Waals surface area (Å²) in [5.41, 5.74) is 0.759. The zero-order chi connectivity index (χ0) is 21.3. The molecule has 2 rings (SSSR count). The molecule has 0 atom stereocenters. The molecule has 0 aliphatic carbocycles. The van der Waals surface area contributed by atoms with E-state index in [0.29, 0.717) is 49.0 Å². The highest BCUT2D eigenvalue weighted by Gasteiger charge is 2.33. The lowest BCUT2D eigenvalue weighted by Crippen LogP contribution is -2.38. The van der Waals surface area contributed by atoms with Crippen LogP contribution in [0.25, 0.3) is 0 Å². The maximum absolute atomic E-state index is 12.6. The van der Waals surface area contributed by atoms with E-state index in [-0.39, 0.29) is 29.9 Å². The van der Waals surface area contributed by atoms with Crippen LogP contribution >= 0.6 is 35.3 Å². The quantitative estimate of drug-likeness (QED) is 0.265. The molecule has 11 heteroatoms. The van der Waals surface area contributed by atoms with Gasteiger partial charge in [0, 0.05) is 44.0 Å². The summed E-state index contributed by atoms with van der Waals surface area (Å²) in [5, 5.41) is 10.3. The number of hydrogen-bond acceptors (Lipinski definition) is 4. The van der Waals surface area contributed by atoms with Crippen molar-refractivity contribution in [2.75, 3.05) is 26.7 Å². The van der Waals surface area contributed by atoms with Crippen LogP contribution in [0, 0.1) is 0 Å². The Bertz CT molecular complexity index is 842. The monoisotopic (exact) mass is 555 g/mol. The van der Waals surface area contributed by atoms with Crippen LogP contribution in [0.1, 0.15) is 33.5 Å². The molecule has 0 fully saturated rings. The lowest BCUT2D eigenvalue weighted by molar-refractivity contribution is -0.140. The Morgan fingerprint density at radius 1 is 1.23 bits per heavy atom. The van der Waals surface area contributed by atoms with E-state index in [4.69, 9.17) is 0 Å². The first-order valence-electron chi connectivity index (χ1n) is 9.18. The molecule has 2 aromatic rings. The Labute approximate surface area is 194 Å². The van der Waals surface area contributed by atoms with Crippen molar-refractivity contribution in [3.8, 4) is 0 Å². The third kappa shape index (κ3) is 8.46. The largest absolute Gasteiger partial charge is 0.434 e. The summed E-state index contributed by atoms with van der Waals surface area (Å²) in [6.45, 7) is 3.51. The maximum atomic E-state index is 12.6. The number of benzene rings is 1. The third-order valence-electron chi connectivity index (χ3n) is 3.90. The minimum absolute atomic E-state index is 0. The van der Waals surface area contributed by atoms with Crippen LogP contribution in [-0.2, 0) is 19.0 Å². The number of carbonyl (C=O) groups excluding carboxylic acids is 1. The van der Waals surface area contributed by atoms with Gasteiger partial charge in [-0.05, 0) is 31.0 Å². The fourth-order valence-corrected chi connectivity index (χ4v) is 3.29. The molecule has 0 radical (unpaired) electrons. The minimum atomic E-state index is -4.41. The van der Waals surface area contributed by atoms with Gasteiger partial charge in [0.2, 0.25) is 0 Å². The van der Waals surface area contributed by atoms with Gasteiger partial charge in [-0.25, -0.2) is 4.98 Å². The van der Waals surface area contributed by atoms with Crippen LogP contribution in [-0.4, -0.2) is 43.5 Å². The predicted octanol–water partition coefficient (Wildman–Crippen LogP) is 3.48. The number of thiazole rings is 1.